The average Bonchev–Trinajstić information content (AvgIpc) is 2.87. The third-order valence-corrected chi connectivity index (χ3v) is 3.28. The van der Waals surface area contributed by atoms with Gasteiger partial charge in [-0.3, -0.25) is 4.79 Å². The zero-order valence-electron chi connectivity index (χ0n) is 7.96. The second-order valence-electron chi connectivity index (χ2n) is 3.82. The zero-order valence-corrected chi connectivity index (χ0v) is 10.1. The van der Waals surface area contributed by atoms with Gasteiger partial charge in [-0.2, -0.15) is 0 Å². The van der Waals surface area contributed by atoms with E-state index in [0.29, 0.717) is 5.92 Å². The van der Waals surface area contributed by atoms with Crippen LogP contribution in [0, 0.1) is 15.4 Å². The van der Waals surface area contributed by atoms with Crippen LogP contribution in [0.25, 0.3) is 0 Å². The van der Waals surface area contributed by atoms with E-state index in [-0.39, 0.29) is 11.8 Å². The molecule has 1 N–H and O–H groups in total. The van der Waals surface area contributed by atoms with Crippen LogP contribution in [0.5, 0.6) is 0 Å². The molecule has 2 nitrogen and oxygen atoms in total. The van der Waals surface area contributed by atoms with Gasteiger partial charge in [-0.25, -0.2) is 0 Å². The molecule has 0 spiro atoms. The quantitative estimate of drug-likeness (QED) is 0.836. The molecule has 1 aromatic carbocycles. The van der Waals surface area contributed by atoms with Crippen molar-refractivity contribution >= 4 is 34.2 Å². The minimum absolute atomic E-state index is 0.165. The van der Waals surface area contributed by atoms with Crippen LogP contribution in [0.15, 0.2) is 24.3 Å². The van der Waals surface area contributed by atoms with E-state index in [1.54, 1.807) is 0 Å². The Labute approximate surface area is 97.2 Å². The topological polar surface area (TPSA) is 29.1 Å². The Kier molecular flexibility index (Phi) is 2.76. The number of carbonyl (C=O) groups is 1. The minimum Gasteiger partial charge on any atom is -0.326 e. The molecule has 1 aromatic rings. The number of nitrogens with one attached hydrogen (secondary N) is 1. The van der Waals surface area contributed by atoms with Crippen molar-refractivity contribution in [1.82, 2.24) is 0 Å². The van der Waals surface area contributed by atoms with E-state index >= 15 is 0 Å². The summed E-state index contributed by atoms with van der Waals surface area (Å²) in [5.74, 6) is 0.979. The predicted octanol–water partition coefficient (Wildman–Crippen LogP) is 2.89. The van der Waals surface area contributed by atoms with Crippen LogP contribution in [0.2, 0.25) is 0 Å². The summed E-state index contributed by atoms with van der Waals surface area (Å²) in [6, 6.07) is 7.86. The van der Waals surface area contributed by atoms with Gasteiger partial charge in [0.15, 0.2) is 0 Å². The maximum Gasteiger partial charge on any atom is 0.227 e. The highest BCUT2D eigenvalue weighted by atomic mass is 127. The number of amides is 1. The highest BCUT2D eigenvalue weighted by Gasteiger charge is 2.38. The molecule has 14 heavy (non-hydrogen) atoms. The molecule has 1 aliphatic carbocycles. The highest BCUT2D eigenvalue weighted by molar-refractivity contribution is 14.1. The van der Waals surface area contributed by atoms with Crippen molar-refractivity contribution in [1.29, 1.82) is 0 Å². The Morgan fingerprint density at radius 3 is 2.50 bits per heavy atom. The normalized spacial score (nSPS) is 24.4. The van der Waals surface area contributed by atoms with Gasteiger partial charge in [0.1, 0.15) is 0 Å². The standard InChI is InChI=1S/C11H12INO/c1-7-6-10(7)11(14)13-9-4-2-8(12)3-5-9/h2-5,7,10H,6H2,1H3,(H,13,14)/t7-,10+/m1/s1. The second kappa shape index (κ2) is 3.88. The molecule has 1 saturated carbocycles. The number of carbonyl (C=O) groups excluding carboxylic acids is 1. The molecule has 1 fully saturated rings. The van der Waals surface area contributed by atoms with Gasteiger partial charge in [0.25, 0.3) is 0 Å². The van der Waals surface area contributed by atoms with Gasteiger partial charge in [0.05, 0.1) is 0 Å². The zero-order chi connectivity index (χ0) is 10.1. The lowest BCUT2D eigenvalue weighted by molar-refractivity contribution is -0.117. The maximum absolute atomic E-state index is 11.6. The molecule has 3 heteroatoms. The van der Waals surface area contributed by atoms with Gasteiger partial charge in [-0.1, -0.05) is 6.92 Å². The SMILES string of the molecule is C[C@@H]1C[C@@H]1C(=O)Nc1ccc(I)cc1. The van der Waals surface area contributed by atoms with Crippen molar-refractivity contribution in [3.05, 3.63) is 27.8 Å². The summed E-state index contributed by atoms with van der Waals surface area (Å²) in [6.07, 6.45) is 1.04. The fourth-order valence-electron chi connectivity index (χ4n) is 1.46. The number of hydrogen-bond donors (Lipinski definition) is 1. The van der Waals surface area contributed by atoms with E-state index in [9.17, 15) is 4.79 Å². The van der Waals surface area contributed by atoms with Gasteiger partial charge in [-0.15, -0.1) is 0 Å². The summed E-state index contributed by atoms with van der Waals surface area (Å²) in [6.45, 7) is 2.11. The summed E-state index contributed by atoms with van der Waals surface area (Å²) in [5.41, 5.74) is 0.898. The molecule has 0 saturated heterocycles. The maximum atomic E-state index is 11.6. The van der Waals surface area contributed by atoms with E-state index in [4.69, 9.17) is 0 Å². The van der Waals surface area contributed by atoms with Crippen molar-refractivity contribution in [3.8, 4) is 0 Å². The molecule has 0 unspecified atom stereocenters. The molecule has 0 bridgehead atoms. The highest BCUT2D eigenvalue weighted by Crippen LogP contribution is 2.38. The molecule has 0 heterocycles. The molecule has 2 atom stereocenters. The minimum atomic E-state index is 0.165. The molecule has 1 amide bonds. The Morgan fingerprint density at radius 2 is 2.00 bits per heavy atom. The number of halogens is 1. The number of rotatable bonds is 2. The van der Waals surface area contributed by atoms with Gasteiger partial charge in [0, 0.05) is 15.2 Å². The van der Waals surface area contributed by atoms with Gasteiger partial charge < -0.3 is 5.32 Å². The summed E-state index contributed by atoms with van der Waals surface area (Å²) in [4.78, 5) is 11.6. The predicted molar refractivity (Wildman–Crippen MR) is 65.1 cm³/mol. The first-order valence-electron chi connectivity index (χ1n) is 4.73. The van der Waals surface area contributed by atoms with Crippen molar-refractivity contribution < 1.29 is 4.79 Å². The lowest BCUT2D eigenvalue weighted by Crippen LogP contribution is -2.14. The third kappa shape index (κ3) is 2.26. The van der Waals surface area contributed by atoms with Crippen LogP contribution in [0.4, 0.5) is 5.69 Å². The first-order valence-corrected chi connectivity index (χ1v) is 5.81. The third-order valence-electron chi connectivity index (χ3n) is 2.56. The fourth-order valence-corrected chi connectivity index (χ4v) is 1.82. The van der Waals surface area contributed by atoms with Gasteiger partial charge in [0.2, 0.25) is 5.91 Å². The van der Waals surface area contributed by atoms with E-state index in [0.717, 1.165) is 12.1 Å². The van der Waals surface area contributed by atoms with Crippen LogP contribution in [0.1, 0.15) is 13.3 Å². The van der Waals surface area contributed by atoms with Gasteiger partial charge >= 0.3 is 0 Å². The molecular weight excluding hydrogens is 289 g/mol. The van der Waals surface area contributed by atoms with Gasteiger partial charge in [-0.05, 0) is 59.2 Å². The smallest absolute Gasteiger partial charge is 0.227 e. The molecule has 1 aliphatic rings. The van der Waals surface area contributed by atoms with Crippen LogP contribution in [-0.4, -0.2) is 5.91 Å². The lowest BCUT2D eigenvalue weighted by Gasteiger charge is -2.03. The van der Waals surface area contributed by atoms with Crippen LogP contribution < -0.4 is 5.32 Å². The molecule has 0 radical (unpaired) electrons. The monoisotopic (exact) mass is 301 g/mol. The summed E-state index contributed by atoms with van der Waals surface area (Å²) < 4.78 is 1.18. The first kappa shape index (κ1) is 9.96. The Hall–Kier alpha value is -0.580. The van der Waals surface area contributed by atoms with Crippen molar-refractivity contribution in [3.63, 3.8) is 0 Å². The summed E-state index contributed by atoms with van der Waals surface area (Å²) >= 11 is 2.25. The van der Waals surface area contributed by atoms with Crippen molar-refractivity contribution in [2.75, 3.05) is 5.32 Å². The Bertz CT molecular complexity index is 347. The first-order chi connectivity index (χ1) is 6.66. The lowest BCUT2D eigenvalue weighted by atomic mass is 10.3. The second-order valence-corrected chi connectivity index (χ2v) is 5.06. The van der Waals surface area contributed by atoms with E-state index in [1.807, 2.05) is 24.3 Å². The average molecular weight is 301 g/mol. The number of hydrogen-bond acceptors (Lipinski definition) is 1. The molecule has 0 aliphatic heterocycles. The Morgan fingerprint density at radius 1 is 1.43 bits per heavy atom. The largest absolute Gasteiger partial charge is 0.326 e. The molecule has 74 valence electrons. The molecule has 2 rings (SSSR count). The van der Waals surface area contributed by atoms with E-state index in [2.05, 4.69) is 34.8 Å². The van der Waals surface area contributed by atoms with E-state index in [1.165, 1.54) is 3.57 Å². The molecular formula is C11H12INO. The Balaban J connectivity index is 1.97. The molecule has 0 aromatic heterocycles. The van der Waals surface area contributed by atoms with Crippen LogP contribution in [-0.2, 0) is 4.79 Å². The summed E-state index contributed by atoms with van der Waals surface area (Å²) in [5, 5.41) is 2.92. The van der Waals surface area contributed by atoms with Crippen molar-refractivity contribution in [2.24, 2.45) is 11.8 Å². The number of benzene rings is 1. The van der Waals surface area contributed by atoms with Crippen molar-refractivity contribution in [2.45, 2.75) is 13.3 Å². The fraction of sp³-hybridized carbons (Fsp3) is 0.364. The van der Waals surface area contributed by atoms with Crippen LogP contribution >= 0.6 is 22.6 Å². The van der Waals surface area contributed by atoms with E-state index < -0.39 is 0 Å². The summed E-state index contributed by atoms with van der Waals surface area (Å²) in [7, 11) is 0. The number of anilines is 1. The van der Waals surface area contributed by atoms with Crippen LogP contribution in [0.3, 0.4) is 0 Å².